The Morgan fingerprint density at radius 3 is 2.58 bits per heavy atom. The van der Waals surface area contributed by atoms with Crippen LogP contribution in [0.2, 0.25) is 0 Å². The van der Waals surface area contributed by atoms with Crippen LogP contribution in [0, 0.1) is 5.92 Å². The maximum Gasteiger partial charge on any atom is 0.326 e. The molecule has 1 aliphatic heterocycles. The Morgan fingerprint density at radius 2 is 2.11 bits per heavy atom. The Bertz CT molecular complexity index is 325. The molecule has 1 rings (SSSR count). The van der Waals surface area contributed by atoms with Crippen LogP contribution < -0.4 is 10.6 Å². The molecule has 0 bridgehead atoms. The molecule has 6 heteroatoms. The maximum absolute atomic E-state index is 11.7. The lowest BCUT2D eigenvalue weighted by atomic mass is 10.0. The quantitative estimate of drug-likeness (QED) is 0.681. The van der Waals surface area contributed by atoms with E-state index in [1.54, 1.807) is 0 Å². The zero-order valence-corrected chi connectivity index (χ0v) is 11.9. The van der Waals surface area contributed by atoms with Crippen molar-refractivity contribution in [2.24, 2.45) is 5.92 Å². The van der Waals surface area contributed by atoms with E-state index in [0.717, 1.165) is 12.8 Å². The van der Waals surface area contributed by atoms with Gasteiger partial charge in [0.05, 0.1) is 5.60 Å². The zero-order chi connectivity index (χ0) is 14.5. The molecule has 0 aliphatic carbocycles. The van der Waals surface area contributed by atoms with Gasteiger partial charge in [-0.05, 0) is 32.1 Å². The molecule has 1 aliphatic rings. The van der Waals surface area contributed by atoms with Crippen LogP contribution in [0.5, 0.6) is 0 Å². The molecule has 0 aromatic rings. The molecule has 110 valence electrons. The highest BCUT2D eigenvalue weighted by atomic mass is 16.5. The van der Waals surface area contributed by atoms with E-state index in [1.807, 2.05) is 20.8 Å². The highest BCUT2D eigenvalue weighted by molar-refractivity contribution is 5.82. The summed E-state index contributed by atoms with van der Waals surface area (Å²) in [7, 11) is 0. The summed E-state index contributed by atoms with van der Waals surface area (Å²) in [6.45, 7) is 6.90. The van der Waals surface area contributed by atoms with Gasteiger partial charge in [0.1, 0.15) is 6.04 Å². The van der Waals surface area contributed by atoms with Crippen molar-refractivity contribution in [2.75, 3.05) is 13.2 Å². The van der Waals surface area contributed by atoms with Crippen molar-refractivity contribution < 1.29 is 19.4 Å². The number of urea groups is 1. The molecule has 1 heterocycles. The average Bonchev–Trinajstić information content (AvgIpc) is 2.73. The first kappa shape index (κ1) is 15.8. The summed E-state index contributed by atoms with van der Waals surface area (Å²) in [5.41, 5.74) is -0.325. The van der Waals surface area contributed by atoms with Crippen LogP contribution in [0.1, 0.15) is 40.0 Å². The number of ether oxygens (including phenoxy) is 1. The fourth-order valence-electron chi connectivity index (χ4n) is 2.15. The average molecular weight is 272 g/mol. The number of aliphatic carboxylic acids is 1. The highest BCUT2D eigenvalue weighted by Gasteiger charge is 2.30. The molecule has 2 atom stereocenters. The van der Waals surface area contributed by atoms with Gasteiger partial charge in [0.2, 0.25) is 0 Å². The molecule has 1 fully saturated rings. The summed E-state index contributed by atoms with van der Waals surface area (Å²) in [4.78, 5) is 22.7. The summed E-state index contributed by atoms with van der Waals surface area (Å²) in [6.07, 6.45) is 2.31. The molecule has 0 radical (unpaired) electrons. The molecule has 19 heavy (non-hydrogen) atoms. The highest BCUT2D eigenvalue weighted by Crippen LogP contribution is 2.23. The van der Waals surface area contributed by atoms with Gasteiger partial charge in [-0.2, -0.15) is 0 Å². The van der Waals surface area contributed by atoms with E-state index in [9.17, 15) is 9.59 Å². The van der Waals surface area contributed by atoms with E-state index < -0.39 is 18.0 Å². The van der Waals surface area contributed by atoms with E-state index in [4.69, 9.17) is 9.84 Å². The smallest absolute Gasteiger partial charge is 0.326 e. The molecule has 1 saturated heterocycles. The largest absolute Gasteiger partial charge is 0.480 e. The number of hydrogen-bond acceptors (Lipinski definition) is 3. The van der Waals surface area contributed by atoms with Crippen molar-refractivity contribution in [3.63, 3.8) is 0 Å². The number of amides is 2. The summed E-state index contributed by atoms with van der Waals surface area (Å²) in [5, 5.41) is 14.2. The third-order valence-corrected chi connectivity index (χ3v) is 3.23. The van der Waals surface area contributed by atoms with Crippen LogP contribution in [-0.4, -0.2) is 41.9 Å². The second-order valence-corrected chi connectivity index (χ2v) is 5.75. The normalized spacial score (nSPS) is 24.2. The maximum atomic E-state index is 11.7. The minimum Gasteiger partial charge on any atom is -0.480 e. The first-order valence-electron chi connectivity index (χ1n) is 6.73. The Kier molecular flexibility index (Phi) is 5.60. The Labute approximate surface area is 113 Å². The Hall–Kier alpha value is -1.30. The SMILES string of the molecule is CC(C)CC(NC(=O)NCC1(C)CCCO1)C(=O)O. The molecule has 6 nitrogen and oxygen atoms in total. The van der Waals surface area contributed by atoms with E-state index in [1.165, 1.54) is 0 Å². The van der Waals surface area contributed by atoms with Crippen LogP contribution in [-0.2, 0) is 9.53 Å². The van der Waals surface area contributed by atoms with Crippen molar-refractivity contribution in [3.05, 3.63) is 0 Å². The number of carboxylic acid groups (broad SMARTS) is 1. The van der Waals surface area contributed by atoms with Gasteiger partial charge >= 0.3 is 12.0 Å². The van der Waals surface area contributed by atoms with Crippen molar-refractivity contribution >= 4 is 12.0 Å². The van der Waals surface area contributed by atoms with Crippen molar-refractivity contribution in [3.8, 4) is 0 Å². The number of rotatable bonds is 6. The second-order valence-electron chi connectivity index (χ2n) is 5.75. The topological polar surface area (TPSA) is 87.7 Å². The van der Waals surface area contributed by atoms with E-state index in [0.29, 0.717) is 19.6 Å². The summed E-state index contributed by atoms with van der Waals surface area (Å²) in [6, 6.07) is -1.30. The lowest BCUT2D eigenvalue weighted by Crippen LogP contribution is -2.50. The van der Waals surface area contributed by atoms with Gasteiger partial charge in [0, 0.05) is 13.2 Å². The van der Waals surface area contributed by atoms with Crippen molar-refractivity contribution in [2.45, 2.75) is 51.7 Å². The van der Waals surface area contributed by atoms with Crippen LogP contribution >= 0.6 is 0 Å². The Balaban J connectivity index is 2.38. The van der Waals surface area contributed by atoms with Crippen LogP contribution in [0.25, 0.3) is 0 Å². The summed E-state index contributed by atoms with van der Waals surface area (Å²) >= 11 is 0. The van der Waals surface area contributed by atoms with Crippen molar-refractivity contribution in [1.82, 2.24) is 10.6 Å². The lowest BCUT2D eigenvalue weighted by molar-refractivity contribution is -0.139. The third-order valence-electron chi connectivity index (χ3n) is 3.23. The molecule has 2 amide bonds. The molecule has 0 spiro atoms. The van der Waals surface area contributed by atoms with Crippen LogP contribution in [0.3, 0.4) is 0 Å². The van der Waals surface area contributed by atoms with Crippen LogP contribution in [0.15, 0.2) is 0 Å². The fourth-order valence-corrected chi connectivity index (χ4v) is 2.15. The minimum absolute atomic E-state index is 0.206. The fraction of sp³-hybridized carbons (Fsp3) is 0.846. The summed E-state index contributed by atoms with van der Waals surface area (Å²) < 4.78 is 5.55. The monoisotopic (exact) mass is 272 g/mol. The number of hydrogen-bond donors (Lipinski definition) is 3. The predicted octanol–water partition coefficient (Wildman–Crippen LogP) is 1.35. The molecule has 0 aromatic carbocycles. The minimum atomic E-state index is -1.01. The number of nitrogens with one attached hydrogen (secondary N) is 2. The zero-order valence-electron chi connectivity index (χ0n) is 11.9. The first-order chi connectivity index (χ1) is 8.82. The van der Waals surface area contributed by atoms with Gasteiger partial charge in [-0.15, -0.1) is 0 Å². The van der Waals surface area contributed by atoms with E-state index in [-0.39, 0.29) is 11.5 Å². The molecule has 3 N–H and O–H groups in total. The van der Waals surface area contributed by atoms with Gasteiger partial charge in [-0.25, -0.2) is 9.59 Å². The van der Waals surface area contributed by atoms with E-state index in [2.05, 4.69) is 10.6 Å². The van der Waals surface area contributed by atoms with Gasteiger partial charge in [-0.1, -0.05) is 13.8 Å². The van der Waals surface area contributed by atoms with Gasteiger partial charge < -0.3 is 20.5 Å². The van der Waals surface area contributed by atoms with Crippen molar-refractivity contribution in [1.29, 1.82) is 0 Å². The van der Waals surface area contributed by atoms with Gasteiger partial charge in [0.25, 0.3) is 0 Å². The predicted molar refractivity (Wildman–Crippen MR) is 71.0 cm³/mol. The number of carbonyl (C=O) groups is 2. The number of carbonyl (C=O) groups excluding carboxylic acids is 1. The molecular formula is C13H24N2O4. The van der Waals surface area contributed by atoms with Gasteiger partial charge in [0.15, 0.2) is 0 Å². The summed E-state index contributed by atoms with van der Waals surface area (Å²) in [5.74, 6) is -0.802. The first-order valence-corrected chi connectivity index (χ1v) is 6.73. The standard InChI is InChI=1S/C13H24N2O4/c1-9(2)7-10(11(16)17)15-12(18)14-8-13(3)5-4-6-19-13/h9-10H,4-8H2,1-3H3,(H,16,17)(H2,14,15,18). The molecule has 0 saturated carbocycles. The molecular weight excluding hydrogens is 248 g/mol. The second kappa shape index (κ2) is 6.75. The van der Waals surface area contributed by atoms with E-state index >= 15 is 0 Å². The lowest BCUT2D eigenvalue weighted by Gasteiger charge is -2.24. The number of carboxylic acids is 1. The third kappa shape index (κ3) is 5.46. The van der Waals surface area contributed by atoms with Gasteiger partial charge in [-0.3, -0.25) is 0 Å². The van der Waals surface area contributed by atoms with Crippen LogP contribution in [0.4, 0.5) is 4.79 Å². The molecule has 0 aromatic heterocycles. The molecule has 2 unspecified atom stereocenters. The Morgan fingerprint density at radius 1 is 1.42 bits per heavy atom.